The molecule has 4 N–H and O–H groups in total. The summed E-state index contributed by atoms with van der Waals surface area (Å²) in [7, 11) is 0. The van der Waals surface area contributed by atoms with Crippen LogP contribution >= 0.6 is 11.6 Å². The molecule has 116 heavy (non-hydrogen) atoms. The molecular formula is C84H111ClK2O29. The van der Waals surface area contributed by atoms with Gasteiger partial charge in [0.1, 0.15) is 51.2 Å². The number of rotatable bonds is 20. The van der Waals surface area contributed by atoms with Crippen molar-refractivity contribution in [2.75, 3.05) is 13.2 Å². The standard InChI is InChI=1S/C19H24O7.4C15H20O4.C4H5ClO3.CH2O3.2K.H/c1-5-19(13-9-7-8-10-13,26-17(22)16(21)23-6-2)12-14-11-15(20)25-18(3,4)24-14;4*1-4-15(17,11-7-5-6-8-11)10-12-9-13(16)19-14(2,3)18-12;1-2-8-4(7)3(5)6;2-1-4-3;;;/h1,11,13H,6-10,12H2,2-4H3;4*1,9,11,17H,5-8,10H2,2-3H3;2H2,1H3;1,3H;;;/q;;;;;;;2*+1;-1/p-1. The van der Waals surface area contributed by atoms with Crippen molar-refractivity contribution < 1.29 is 244 Å². The summed E-state index contributed by atoms with van der Waals surface area (Å²) >= 11 is 4.69. The van der Waals surface area contributed by atoms with E-state index in [-0.39, 0.29) is 191 Å². The summed E-state index contributed by atoms with van der Waals surface area (Å²) in [5.41, 5.74) is -6.35. The van der Waals surface area contributed by atoms with Crippen molar-refractivity contribution in [2.24, 2.45) is 29.6 Å². The summed E-state index contributed by atoms with van der Waals surface area (Å²) in [5.74, 6) is 3.69. The number of halogens is 1. The molecule has 0 spiro atoms. The van der Waals surface area contributed by atoms with Gasteiger partial charge in [0, 0.05) is 101 Å². The minimum absolute atomic E-state index is 0. The second kappa shape index (κ2) is 47.7. The van der Waals surface area contributed by atoms with Crippen LogP contribution in [0.2, 0.25) is 0 Å². The maximum Gasteiger partial charge on any atom is 1.00 e. The normalized spacial score (nSPS) is 22.5. The van der Waals surface area contributed by atoms with Gasteiger partial charge < -0.3 is 93.6 Å². The molecule has 0 aromatic carbocycles. The summed E-state index contributed by atoms with van der Waals surface area (Å²) in [6.45, 7) is 19.7. The van der Waals surface area contributed by atoms with E-state index >= 15 is 0 Å². The second-order valence-corrected chi connectivity index (χ2v) is 31.4. The summed E-state index contributed by atoms with van der Waals surface area (Å²) in [4.78, 5) is 113. The van der Waals surface area contributed by atoms with Gasteiger partial charge in [0.05, 0.1) is 50.0 Å². The molecule has 0 saturated heterocycles. The van der Waals surface area contributed by atoms with E-state index in [9.17, 15) is 63.6 Å². The number of cyclic esters (lactones) is 5. The third-order valence-corrected chi connectivity index (χ3v) is 19.9. The van der Waals surface area contributed by atoms with Crippen LogP contribution < -0.4 is 108 Å². The Labute approximate surface area is 771 Å². The molecule has 10 rings (SSSR count). The largest absolute Gasteiger partial charge is 1.00 e. The van der Waals surface area contributed by atoms with Crippen molar-refractivity contribution in [3.8, 4) is 61.7 Å². The molecule has 5 heterocycles. The minimum Gasteiger partial charge on any atom is -1.00 e. The molecule has 5 fully saturated rings. The molecule has 32 heteroatoms. The van der Waals surface area contributed by atoms with Gasteiger partial charge in [0.2, 0.25) is 28.9 Å². The molecule has 630 valence electrons. The van der Waals surface area contributed by atoms with Gasteiger partial charge in [-0.25, -0.2) is 38.4 Å². The molecule has 0 amide bonds. The molecule has 10 aliphatic rings. The van der Waals surface area contributed by atoms with Gasteiger partial charge in [-0.3, -0.25) is 9.59 Å². The molecule has 29 nitrogen and oxygen atoms in total. The van der Waals surface area contributed by atoms with Crippen LogP contribution in [0.4, 0.5) is 0 Å². The van der Waals surface area contributed by atoms with E-state index in [1.54, 1.807) is 83.1 Å². The first-order valence-corrected chi connectivity index (χ1v) is 38.5. The fourth-order valence-corrected chi connectivity index (χ4v) is 15.0. The van der Waals surface area contributed by atoms with Gasteiger partial charge >= 0.3 is 156 Å². The van der Waals surface area contributed by atoms with Crippen LogP contribution in [0.1, 0.15) is 245 Å². The van der Waals surface area contributed by atoms with Crippen LogP contribution in [-0.2, 0) is 114 Å². The van der Waals surface area contributed by atoms with Crippen molar-refractivity contribution in [2.45, 2.75) is 301 Å². The Hall–Kier alpha value is -6.24. The number of hydrogen-bond acceptors (Lipinski definition) is 29. The molecule has 0 aromatic rings. The molecule has 5 aliphatic heterocycles. The molecule has 5 atom stereocenters. The van der Waals surface area contributed by atoms with Gasteiger partial charge in [-0.15, -0.1) is 32.1 Å². The van der Waals surface area contributed by atoms with Gasteiger partial charge in [-0.1, -0.05) is 93.8 Å². The first-order chi connectivity index (χ1) is 53.2. The average molecular weight is 1700 g/mol. The Balaban J connectivity index is 0.000000704. The second-order valence-electron chi connectivity index (χ2n) is 31.1. The van der Waals surface area contributed by atoms with Gasteiger partial charge in [-0.2, -0.15) is 0 Å². The molecule has 0 bridgehead atoms. The number of terminal acetylenes is 5. The Morgan fingerprint density at radius 1 is 0.414 bits per heavy atom. The number of aliphatic hydroxyl groups is 4. The Bertz CT molecular complexity index is 3470. The Morgan fingerprint density at radius 3 is 0.793 bits per heavy atom. The van der Waals surface area contributed by atoms with E-state index in [1.807, 2.05) is 0 Å². The predicted molar refractivity (Wildman–Crippen MR) is 405 cm³/mol. The van der Waals surface area contributed by atoms with Gasteiger partial charge in [-0.05, 0) is 113 Å². The van der Waals surface area contributed by atoms with Crippen molar-refractivity contribution in [3.63, 3.8) is 0 Å². The topological polar surface area (TPSA) is 404 Å². The average Bonchev–Trinajstić information content (AvgIpc) is 1.82. The van der Waals surface area contributed by atoms with Crippen LogP contribution in [0.5, 0.6) is 0 Å². The predicted octanol–water partition coefficient (Wildman–Crippen LogP) is 3.61. The molecule has 5 aliphatic carbocycles. The van der Waals surface area contributed by atoms with E-state index in [4.69, 9.17) is 111 Å². The van der Waals surface area contributed by atoms with Crippen LogP contribution in [0, 0.1) is 91.3 Å². The van der Waals surface area contributed by atoms with E-state index in [1.165, 1.54) is 30.4 Å². The maximum absolute atomic E-state index is 12.2. The number of ether oxygens (including phenoxy) is 13. The van der Waals surface area contributed by atoms with Crippen molar-refractivity contribution in [1.82, 2.24) is 0 Å². The van der Waals surface area contributed by atoms with Crippen LogP contribution in [0.15, 0.2) is 59.2 Å². The fraction of sp³-hybridized carbons (Fsp3) is 0.643. The van der Waals surface area contributed by atoms with Crippen molar-refractivity contribution >= 4 is 71.1 Å². The fourth-order valence-electron chi connectivity index (χ4n) is 14.9. The zero-order chi connectivity index (χ0) is 85.7. The van der Waals surface area contributed by atoms with E-state index < -0.39 is 110 Å². The van der Waals surface area contributed by atoms with E-state index in [0.29, 0.717) is 23.0 Å². The summed E-state index contributed by atoms with van der Waals surface area (Å²) in [5, 5.41) is 49.8. The smallest absolute Gasteiger partial charge is 1.00 e. The molecule has 5 unspecified atom stereocenters. The SMILES string of the molecule is C#CC(CC1=CC(=O)OC(C)(C)O1)(OC(=O)C(=O)OCC)C1CCCC1.C#CC(O)(CC1=CC(=O)OC(C)(C)O1)C1CCCC1.C#CC(O)(CC1=CC(=O)OC(C)(C)O1)C1CCCC1.C#CC(O)(CC1=CC(=O)OC(C)(C)O1)C1CCCC1.C#CC(O)(CC1=CC(=O)OC(C)(C)O1)C1CCCC1.CCOC(=O)C(=O)Cl.O=CO[O-].[H-].[K+].[K+]. The molecule has 5 saturated carbocycles. The summed E-state index contributed by atoms with van der Waals surface area (Å²) in [6.07, 6.45) is 54.1. The molecule has 0 radical (unpaired) electrons. The summed E-state index contributed by atoms with van der Waals surface area (Å²) in [6, 6.07) is 0. The monoisotopic (exact) mass is 1700 g/mol. The van der Waals surface area contributed by atoms with Crippen LogP contribution in [0.3, 0.4) is 0 Å². The quantitative estimate of drug-likeness (QED) is 0.0156. The van der Waals surface area contributed by atoms with E-state index in [2.05, 4.69) is 39.2 Å². The first-order valence-electron chi connectivity index (χ1n) is 38.1. The molecular weight excluding hydrogens is 1590 g/mol. The van der Waals surface area contributed by atoms with Gasteiger partial charge in [0.15, 0.2) is 5.60 Å². The van der Waals surface area contributed by atoms with Crippen LogP contribution in [0.25, 0.3) is 0 Å². The third kappa shape index (κ3) is 34.5. The van der Waals surface area contributed by atoms with Crippen molar-refractivity contribution in [1.29, 1.82) is 0 Å². The number of hydrogen-bond donors (Lipinski definition) is 4. The Morgan fingerprint density at radius 2 is 0.621 bits per heavy atom. The molecule has 0 aromatic heterocycles. The minimum atomic E-state index is -1.39. The van der Waals surface area contributed by atoms with E-state index in [0.717, 1.165) is 128 Å². The van der Waals surface area contributed by atoms with Crippen molar-refractivity contribution in [3.05, 3.63) is 59.2 Å². The maximum atomic E-state index is 12.2. The number of esters is 8. The number of carbonyl (C=O) groups excluding carboxylic acids is 10. The summed E-state index contributed by atoms with van der Waals surface area (Å²) < 4.78 is 67.4. The first kappa shape index (κ1) is 106. The number of carbonyl (C=O) groups is 10. The zero-order valence-electron chi connectivity index (χ0n) is 70.2. The zero-order valence-corrected chi connectivity index (χ0v) is 76.2. The van der Waals surface area contributed by atoms with Crippen LogP contribution in [-0.4, -0.2) is 150 Å². The third-order valence-electron chi connectivity index (χ3n) is 19.8. The van der Waals surface area contributed by atoms with Gasteiger partial charge in [0.25, 0.3) is 6.47 Å². The Kier molecular flexibility index (Phi) is 43.5.